The first-order chi connectivity index (χ1) is 6.43. The molecular weight excluding hydrogens is 186 g/mol. The van der Waals surface area contributed by atoms with Crippen molar-refractivity contribution in [3.05, 3.63) is 0 Å². The van der Waals surface area contributed by atoms with Gasteiger partial charge in [-0.1, -0.05) is 5.92 Å². The second kappa shape index (κ2) is 5.94. The fourth-order valence-corrected chi connectivity index (χ4v) is 1.15. The van der Waals surface area contributed by atoms with Gasteiger partial charge in [-0.3, -0.25) is 4.90 Å². The Morgan fingerprint density at radius 2 is 2.07 bits per heavy atom. The van der Waals surface area contributed by atoms with Crippen LogP contribution in [0.1, 0.15) is 13.8 Å². The van der Waals surface area contributed by atoms with Gasteiger partial charge in [0.15, 0.2) is 0 Å². The van der Waals surface area contributed by atoms with Crippen LogP contribution in [0.15, 0.2) is 0 Å². The monoisotopic (exact) mass is 204 g/mol. The molecule has 0 aromatic heterocycles. The molecule has 4 heteroatoms. The molecule has 0 spiro atoms. The van der Waals surface area contributed by atoms with E-state index in [1.54, 1.807) is 4.90 Å². The molecule has 0 aliphatic carbocycles. The van der Waals surface area contributed by atoms with Crippen molar-refractivity contribution in [3.8, 4) is 12.3 Å². The SMILES string of the molecule is C#CCN(CC(F)(F)CNC)C(C)C. The maximum absolute atomic E-state index is 13.2. The smallest absolute Gasteiger partial charge is 0.272 e. The van der Waals surface area contributed by atoms with Crippen LogP contribution in [0, 0.1) is 12.3 Å². The predicted molar refractivity (Wildman–Crippen MR) is 54.4 cm³/mol. The van der Waals surface area contributed by atoms with Crippen molar-refractivity contribution in [3.63, 3.8) is 0 Å². The van der Waals surface area contributed by atoms with Crippen LogP contribution in [0.25, 0.3) is 0 Å². The van der Waals surface area contributed by atoms with Gasteiger partial charge in [0.05, 0.1) is 19.6 Å². The summed E-state index contributed by atoms with van der Waals surface area (Å²) in [5, 5.41) is 2.47. The van der Waals surface area contributed by atoms with Gasteiger partial charge in [-0.25, -0.2) is 8.78 Å². The second-order valence-electron chi connectivity index (χ2n) is 3.59. The summed E-state index contributed by atoms with van der Waals surface area (Å²) in [6, 6.07) is 0.0359. The number of rotatable bonds is 6. The van der Waals surface area contributed by atoms with E-state index in [-0.39, 0.29) is 25.7 Å². The molecule has 82 valence electrons. The molecule has 0 saturated heterocycles. The van der Waals surface area contributed by atoms with E-state index in [1.807, 2.05) is 13.8 Å². The lowest BCUT2D eigenvalue weighted by atomic mass is 10.2. The molecule has 0 saturated carbocycles. The highest BCUT2D eigenvalue weighted by molar-refractivity contribution is 4.90. The zero-order valence-electron chi connectivity index (χ0n) is 8.98. The van der Waals surface area contributed by atoms with Crippen LogP contribution < -0.4 is 5.32 Å². The second-order valence-corrected chi connectivity index (χ2v) is 3.59. The minimum absolute atomic E-state index is 0.0359. The zero-order valence-corrected chi connectivity index (χ0v) is 8.98. The third-order valence-corrected chi connectivity index (χ3v) is 1.89. The standard InChI is InChI=1S/C10H18F2N2/c1-5-6-14(9(2)3)8-10(11,12)7-13-4/h1,9,13H,6-8H2,2-4H3. The number of alkyl halides is 2. The van der Waals surface area contributed by atoms with Crippen LogP contribution in [0.2, 0.25) is 0 Å². The Balaban J connectivity index is 4.21. The summed E-state index contributed by atoms with van der Waals surface area (Å²) >= 11 is 0. The largest absolute Gasteiger partial charge is 0.314 e. The van der Waals surface area contributed by atoms with Crippen molar-refractivity contribution in [1.82, 2.24) is 10.2 Å². The molecule has 1 N–H and O–H groups in total. The Labute approximate surface area is 84.7 Å². The summed E-state index contributed by atoms with van der Waals surface area (Å²) in [6.45, 7) is 3.35. The van der Waals surface area contributed by atoms with E-state index < -0.39 is 5.92 Å². The van der Waals surface area contributed by atoms with Gasteiger partial charge < -0.3 is 5.32 Å². The molecule has 0 bridgehead atoms. The van der Waals surface area contributed by atoms with Crippen molar-refractivity contribution >= 4 is 0 Å². The molecule has 0 fully saturated rings. The molecule has 0 atom stereocenters. The van der Waals surface area contributed by atoms with Gasteiger partial charge >= 0.3 is 0 Å². The van der Waals surface area contributed by atoms with E-state index in [9.17, 15) is 8.78 Å². The molecule has 0 rings (SSSR count). The Hall–Kier alpha value is -0.660. The van der Waals surface area contributed by atoms with Gasteiger partial charge in [-0.05, 0) is 20.9 Å². The summed E-state index contributed by atoms with van der Waals surface area (Å²) in [4.78, 5) is 1.58. The molecule has 0 aromatic carbocycles. The van der Waals surface area contributed by atoms with E-state index in [0.29, 0.717) is 0 Å². The average Bonchev–Trinajstić information content (AvgIpc) is 2.02. The topological polar surface area (TPSA) is 15.3 Å². The summed E-state index contributed by atoms with van der Waals surface area (Å²) in [5.74, 6) is -0.340. The molecule has 0 aliphatic heterocycles. The van der Waals surface area contributed by atoms with Crippen molar-refractivity contribution in [2.45, 2.75) is 25.8 Å². The summed E-state index contributed by atoms with van der Waals surface area (Å²) in [6.07, 6.45) is 5.11. The maximum atomic E-state index is 13.2. The predicted octanol–water partition coefficient (Wildman–Crippen LogP) is 1.18. The van der Waals surface area contributed by atoms with E-state index >= 15 is 0 Å². The van der Waals surface area contributed by atoms with Gasteiger partial charge in [-0.2, -0.15) is 0 Å². The van der Waals surface area contributed by atoms with Crippen LogP contribution in [0.3, 0.4) is 0 Å². The highest BCUT2D eigenvalue weighted by atomic mass is 19.3. The number of hydrogen-bond donors (Lipinski definition) is 1. The Kier molecular flexibility index (Phi) is 5.66. The minimum atomic E-state index is -2.73. The maximum Gasteiger partial charge on any atom is 0.272 e. The van der Waals surface area contributed by atoms with Crippen LogP contribution in [0.5, 0.6) is 0 Å². The fraction of sp³-hybridized carbons (Fsp3) is 0.800. The van der Waals surface area contributed by atoms with Crippen molar-refractivity contribution < 1.29 is 8.78 Å². The van der Waals surface area contributed by atoms with E-state index in [1.165, 1.54) is 7.05 Å². The molecule has 0 aromatic rings. The van der Waals surface area contributed by atoms with E-state index in [0.717, 1.165) is 0 Å². The van der Waals surface area contributed by atoms with E-state index in [4.69, 9.17) is 6.42 Å². The van der Waals surface area contributed by atoms with E-state index in [2.05, 4.69) is 11.2 Å². The zero-order chi connectivity index (χ0) is 11.2. The minimum Gasteiger partial charge on any atom is -0.314 e. The van der Waals surface area contributed by atoms with Crippen molar-refractivity contribution in [2.24, 2.45) is 0 Å². The Morgan fingerprint density at radius 1 is 1.50 bits per heavy atom. The molecular formula is C10H18F2N2. The normalized spacial score (nSPS) is 12.1. The molecule has 2 nitrogen and oxygen atoms in total. The summed E-state index contributed by atoms with van der Waals surface area (Å²) in [5.41, 5.74) is 0. The summed E-state index contributed by atoms with van der Waals surface area (Å²) in [7, 11) is 1.51. The van der Waals surface area contributed by atoms with Crippen LogP contribution in [0.4, 0.5) is 8.78 Å². The molecule has 14 heavy (non-hydrogen) atoms. The lowest BCUT2D eigenvalue weighted by Gasteiger charge is -2.28. The Morgan fingerprint density at radius 3 is 2.43 bits per heavy atom. The lowest BCUT2D eigenvalue weighted by Crippen LogP contribution is -2.45. The number of nitrogens with one attached hydrogen (secondary N) is 1. The first-order valence-corrected chi connectivity index (χ1v) is 4.63. The quantitative estimate of drug-likeness (QED) is 0.654. The highest BCUT2D eigenvalue weighted by Gasteiger charge is 2.31. The fourth-order valence-electron chi connectivity index (χ4n) is 1.15. The summed E-state index contributed by atoms with van der Waals surface area (Å²) < 4.78 is 26.4. The third kappa shape index (κ3) is 5.15. The van der Waals surface area contributed by atoms with Crippen LogP contribution >= 0.6 is 0 Å². The number of terminal acetylenes is 1. The van der Waals surface area contributed by atoms with Crippen LogP contribution in [-0.2, 0) is 0 Å². The first-order valence-electron chi connectivity index (χ1n) is 4.63. The molecule has 0 amide bonds. The molecule has 0 radical (unpaired) electrons. The number of hydrogen-bond acceptors (Lipinski definition) is 2. The molecule has 0 aliphatic rings. The lowest BCUT2D eigenvalue weighted by molar-refractivity contribution is -0.0327. The molecule has 0 heterocycles. The Bertz CT molecular complexity index is 197. The van der Waals surface area contributed by atoms with Crippen LogP contribution in [-0.4, -0.2) is 43.5 Å². The van der Waals surface area contributed by atoms with Crippen molar-refractivity contribution in [2.75, 3.05) is 26.7 Å². The molecule has 0 unspecified atom stereocenters. The van der Waals surface area contributed by atoms with Gasteiger partial charge in [-0.15, -0.1) is 6.42 Å². The highest BCUT2D eigenvalue weighted by Crippen LogP contribution is 2.15. The van der Waals surface area contributed by atoms with Gasteiger partial charge in [0.25, 0.3) is 5.92 Å². The average molecular weight is 204 g/mol. The van der Waals surface area contributed by atoms with Gasteiger partial charge in [0.1, 0.15) is 0 Å². The van der Waals surface area contributed by atoms with Crippen molar-refractivity contribution in [1.29, 1.82) is 0 Å². The van der Waals surface area contributed by atoms with Gasteiger partial charge in [0.2, 0.25) is 0 Å². The number of nitrogens with zero attached hydrogens (tertiary/aromatic N) is 1. The van der Waals surface area contributed by atoms with Gasteiger partial charge in [0, 0.05) is 6.04 Å². The first kappa shape index (κ1) is 13.3. The third-order valence-electron chi connectivity index (χ3n) is 1.89. The number of halogens is 2.